The molecule has 146 valence electrons. The van der Waals surface area contributed by atoms with Crippen LogP contribution in [0.4, 0.5) is 11.4 Å². The predicted molar refractivity (Wildman–Crippen MR) is 105 cm³/mol. The van der Waals surface area contributed by atoms with Gasteiger partial charge in [0.15, 0.2) is 0 Å². The normalized spacial score (nSPS) is 16.3. The van der Waals surface area contributed by atoms with Crippen molar-refractivity contribution in [3.05, 3.63) is 47.5 Å². The lowest BCUT2D eigenvalue weighted by atomic mass is 10.2. The van der Waals surface area contributed by atoms with E-state index in [-0.39, 0.29) is 10.6 Å². The fourth-order valence-electron chi connectivity index (χ4n) is 3.05. The van der Waals surface area contributed by atoms with E-state index in [9.17, 15) is 16.8 Å². The Balaban J connectivity index is 1.96. The molecule has 1 aliphatic heterocycles. The largest absolute Gasteiger partial charge is 0.497 e. The van der Waals surface area contributed by atoms with Crippen molar-refractivity contribution in [2.24, 2.45) is 0 Å². The van der Waals surface area contributed by atoms with E-state index >= 15 is 0 Å². The number of nitrogens with zero attached hydrogens (tertiary/aromatic N) is 1. The van der Waals surface area contributed by atoms with E-state index in [1.165, 1.54) is 17.5 Å². The average molecular weight is 411 g/mol. The molecule has 1 heterocycles. The molecule has 2 aromatic rings. The van der Waals surface area contributed by atoms with Crippen molar-refractivity contribution in [3.8, 4) is 5.75 Å². The minimum absolute atomic E-state index is 0.104. The summed E-state index contributed by atoms with van der Waals surface area (Å²) in [7, 11) is -5.66. The molecule has 2 aromatic carbocycles. The predicted octanol–water partition coefficient (Wildman–Crippen LogP) is 2.65. The van der Waals surface area contributed by atoms with Gasteiger partial charge in [0.2, 0.25) is 10.0 Å². The van der Waals surface area contributed by atoms with Crippen LogP contribution in [0.5, 0.6) is 5.75 Å². The van der Waals surface area contributed by atoms with Gasteiger partial charge in [0.05, 0.1) is 29.1 Å². The molecule has 7 nitrogen and oxygen atoms in total. The van der Waals surface area contributed by atoms with Crippen molar-refractivity contribution >= 4 is 31.4 Å². The molecule has 1 saturated heterocycles. The van der Waals surface area contributed by atoms with Crippen LogP contribution in [0.1, 0.15) is 17.5 Å². The van der Waals surface area contributed by atoms with E-state index in [2.05, 4.69) is 4.72 Å². The molecule has 0 saturated carbocycles. The zero-order chi connectivity index (χ0) is 19.8. The molecule has 1 N–H and O–H groups in total. The Morgan fingerprint density at radius 1 is 1.07 bits per heavy atom. The van der Waals surface area contributed by atoms with Crippen LogP contribution in [0.2, 0.25) is 0 Å². The summed E-state index contributed by atoms with van der Waals surface area (Å²) < 4.78 is 59.0. The summed E-state index contributed by atoms with van der Waals surface area (Å²) in [5, 5.41) is 0. The molecule has 0 atom stereocenters. The number of methoxy groups -OCH3 is 1. The molecule has 0 spiro atoms. The molecule has 0 bridgehead atoms. The van der Waals surface area contributed by atoms with E-state index in [0.717, 1.165) is 0 Å². The molecule has 3 rings (SSSR count). The summed E-state index contributed by atoms with van der Waals surface area (Å²) in [6.45, 7) is 3.85. The minimum atomic E-state index is -3.83. The van der Waals surface area contributed by atoms with Crippen molar-refractivity contribution in [3.63, 3.8) is 0 Å². The zero-order valence-electron chi connectivity index (χ0n) is 15.4. The maximum absolute atomic E-state index is 12.9. The number of hydrogen-bond donors (Lipinski definition) is 1. The van der Waals surface area contributed by atoms with Crippen molar-refractivity contribution < 1.29 is 21.6 Å². The molecule has 0 aromatic heterocycles. The Morgan fingerprint density at radius 2 is 1.81 bits per heavy atom. The molecule has 27 heavy (non-hydrogen) atoms. The van der Waals surface area contributed by atoms with Crippen LogP contribution < -0.4 is 13.8 Å². The van der Waals surface area contributed by atoms with Gasteiger partial charge in [0.25, 0.3) is 10.0 Å². The third kappa shape index (κ3) is 3.89. The highest BCUT2D eigenvalue weighted by Crippen LogP contribution is 2.30. The molecule has 0 aliphatic carbocycles. The number of sulfonamides is 2. The topological polar surface area (TPSA) is 92.8 Å². The van der Waals surface area contributed by atoms with Gasteiger partial charge in [-0.15, -0.1) is 0 Å². The maximum Gasteiger partial charge on any atom is 0.262 e. The van der Waals surface area contributed by atoms with Crippen molar-refractivity contribution in [1.29, 1.82) is 0 Å². The Bertz CT molecular complexity index is 1080. The van der Waals surface area contributed by atoms with Gasteiger partial charge in [-0.1, -0.05) is 6.07 Å². The fraction of sp³-hybridized carbons (Fsp3) is 0.333. The number of nitrogens with one attached hydrogen (secondary N) is 1. The maximum atomic E-state index is 12.9. The highest BCUT2D eigenvalue weighted by molar-refractivity contribution is 7.93. The average Bonchev–Trinajstić information content (AvgIpc) is 2.95. The number of anilines is 2. The zero-order valence-corrected chi connectivity index (χ0v) is 17.0. The van der Waals surface area contributed by atoms with Crippen LogP contribution in [0.3, 0.4) is 0 Å². The second kappa shape index (κ2) is 7.05. The van der Waals surface area contributed by atoms with Gasteiger partial charge in [-0.2, -0.15) is 0 Å². The van der Waals surface area contributed by atoms with Gasteiger partial charge in [-0.25, -0.2) is 16.8 Å². The summed E-state index contributed by atoms with van der Waals surface area (Å²) >= 11 is 0. The molecule has 9 heteroatoms. The van der Waals surface area contributed by atoms with Gasteiger partial charge in [0.1, 0.15) is 5.75 Å². The third-order valence-corrected chi connectivity index (χ3v) is 7.92. The summed E-state index contributed by atoms with van der Waals surface area (Å²) in [6, 6.07) is 9.68. The van der Waals surface area contributed by atoms with Gasteiger partial charge in [-0.05, 0) is 61.7 Å². The van der Waals surface area contributed by atoms with E-state index in [1.54, 1.807) is 44.2 Å². The fourth-order valence-corrected chi connectivity index (χ4v) is 5.96. The lowest BCUT2D eigenvalue weighted by Crippen LogP contribution is -2.25. The standard InChI is InChI=1S/C18H22N2O5S2/c1-13-5-6-15(20-9-4-10-26(20,21)22)12-17(13)19-27(23,24)18-8-7-16(25-3)11-14(18)2/h5-8,11-12,19H,4,9-10H2,1-3H3. The molecule has 0 amide bonds. The lowest BCUT2D eigenvalue weighted by Gasteiger charge is -2.19. The molecular formula is C18H22N2O5S2. The molecule has 0 unspecified atom stereocenters. The smallest absolute Gasteiger partial charge is 0.262 e. The van der Waals surface area contributed by atoms with Gasteiger partial charge in [-0.3, -0.25) is 9.03 Å². The monoisotopic (exact) mass is 410 g/mol. The molecule has 1 aliphatic rings. The van der Waals surface area contributed by atoms with Crippen LogP contribution in [-0.4, -0.2) is 36.2 Å². The van der Waals surface area contributed by atoms with Crippen molar-refractivity contribution in [2.45, 2.75) is 25.2 Å². The summed E-state index contributed by atoms with van der Waals surface area (Å²) in [5.41, 5.74) is 2.06. The molecule has 1 fully saturated rings. The number of rotatable bonds is 5. The van der Waals surface area contributed by atoms with Crippen LogP contribution in [0.15, 0.2) is 41.3 Å². The van der Waals surface area contributed by atoms with Crippen LogP contribution in [0, 0.1) is 13.8 Å². The number of hydrogen-bond acceptors (Lipinski definition) is 5. The summed E-state index contributed by atoms with van der Waals surface area (Å²) in [6.07, 6.45) is 0.558. The first-order valence-corrected chi connectivity index (χ1v) is 11.5. The van der Waals surface area contributed by atoms with Crippen LogP contribution in [-0.2, 0) is 20.0 Å². The van der Waals surface area contributed by atoms with Crippen LogP contribution >= 0.6 is 0 Å². The third-order valence-electron chi connectivity index (χ3n) is 4.52. The molecule has 0 radical (unpaired) electrons. The first kappa shape index (κ1) is 19.5. The SMILES string of the molecule is COc1ccc(S(=O)(=O)Nc2cc(N3CCCS3(=O)=O)ccc2C)c(C)c1. The quantitative estimate of drug-likeness (QED) is 0.818. The lowest BCUT2D eigenvalue weighted by molar-refractivity contribution is 0.414. The second-order valence-corrected chi connectivity index (χ2v) is 10.1. The van der Waals surface area contributed by atoms with Crippen molar-refractivity contribution in [1.82, 2.24) is 0 Å². The minimum Gasteiger partial charge on any atom is -0.497 e. The van der Waals surface area contributed by atoms with Gasteiger partial charge >= 0.3 is 0 Å². The van der Waals surface area contributed by atoms with Crippen molar-refractivity contribution in [2.75, 3.05) is 28.4 Å². The summed E-state index contributed by atoms with van der Waals surface area (Å²) in [5.74, 6) is 0.677. The van der Waals surface area contributed by atoms with Crippen LogP contribution in [0.25, 0.3) is 0 Å². The van der Waals surface area contributed by atoms with E-state index in [0.29, 0.717) is 41.2 Å². The van der Waals surface area contributed by atoms with E-state index < -0.39 is 20.0 Å². The Labute approximate surface area is 160 Å². The summed E-state index contributed by atoms with van der Waals surface area (Å²) in [4.78, 5) is 0.141. The first-order chi connectivity index (χ1) is 12.6. The van der Waals surface area contributed by atoms with Gasteiger partial charge < -0.3 is 4.74 Å². The van der Waals surface area contributed by atoms with Gasteiger partial charge in [0, 0.05) is 6.54 Å². The Kier molecular flexibility index (Phi) is 5.09. The van der Waals surface area contributed by atoms with E-state index in [1.807, 2.05) is 0 Å². The highest BCUT2D eigenvalue weighted by atomic mass is 32.2. The Hall–Kier alpha value is -2.26. The number of benzene rings is 2. The number of ether oxygens (including phenoxy) is 1. The van der Waals surface area contributed by atoms with E-state index in [4.69, 9.17) is 4.74 Å². The number of aryl methyl sites for hydroxylation is 2. The Morgan fingerprint density at radius 3 is 2.41 bits per heavy atom. The highest BCUT2D eigenvalue weighted by Gasteiger charge is 2.29. The molecular weight excluding hydrogens is 388 g/mol. The second-order valence-electron chi connectivity index (χ2n) is 6.48. The first-order valence-electron chi connectivity index (χ1n) is 8.42.